The number of hydrogen-bond donors (Lipinski definition) is 0. The minimum absolute atomic E-state index is 0.0630. The summed E-state index contributed by atoms with van der Waals surface area (Å²) in [5, 5.41) is 0. The molecule has 1 aliphatic heterocycles. The molecule has 5 nitrogen and oxygen atoms in total. The molecule has 0 N–H and O–H groups in total. The minimum atomic E-state index is -0.600. The summed E-state index contributed by atoms with van der Waals surface area (Å²) < 4.78 is 11.5. The number of carbonyl (C=O) groups excluding carboxylic acids is 1. The molecule has 1 fully saturated rings. The maximum Gasteiger partial charge on any atom is 0.343 e. The van der Waals surface area contributed by atoms with Crippen LogP contribution in [0.1, 0.15) is 23.2 Å². The largest absolute Gasteiger partial charge is 0.465 e. The quantitative estimate of drug-likeness (QED) is 0.730. The summed E-state index contributed by atoms with van der Waals surface area (Å²) >= 11 is 0. The van der Waals surface area contributed by atoms with E-state index in [0.29, 0.717) is 6.54 Å². The third-order valence-electron chi connectivity index (χ3n) is 2.85. The molecule has 1 aromatic rings. The SMILES string of the molecule is COC(=O)c1cccn(CC2CCCO2)c1=O. The Hall–Kier alpha value is -1.62. The molecule has 92 valence electrons. The summed E-state index contributed by atoms with van der Waals surface area (Å²) in [6.07, 6.45) is 3.71. The standard InChI is InChI=1S/C12H15NO4/c1-16-12(15)10-5-2-6-13(11(10)14)8-9-4-3-7-17-9/h2,5-6,9H,3-4,7-8H2,1H3. The Morgan fingerprint density at radius 3 is 3.12 bits per heavy atom. The van der Waals surface area contributed by atoms with Gasteiger partial charge in [-0.3, -0.25) is 4.79 Å². The fraction of sp³-hybridized carbons (Fsp3) is 0.500. The van der Waals surface area contributed by atoms with Gasteiger partial charge in [0.15, 0.2) is 0 Å². The molecule has 0 amide bonds. The van der Waals surface area contributed by atoms with Gasteiger partial charge in [0.2, 0.25) is 0 Å². The Labute approximate surface area is 99.0 Å². The van der Waals surface area contributed by atoms with Gasteiger partial charge < -0.3 is 14.0 Å². The van der Waals surface area contributed by atoms with Gasteiger partial charge in [-0.25, -0.2) is 4.79 Å². The molecular weight excluding hydrogens is 222 g/mol. The number of ether oxygens (including phenoxy) is 2. The summed E-state index contributed by atoms with van der Waals surface area (Å²) in [5.74, 6) is -0.600. The first-order valence-corrected chi connectivity index (χ1v) is 5.61. The second-order valence-corrected chi connectivity index (χ2v) is 4.01. The Kier molecular flexibility index (Phi) is 3.58. The number of esters is 1. The maximum absolute atomic E-state index is 12.0. The van der Waals surface area contributed by atoms with E-state index in [4.69, 9.17) is 4.74 Å². The van der Waals surface area contributed by atoms with Crippen molar-refractivity contribution in [2.24, 2.45) is 0 Å². The van der Waals surface area contributed by atoms with Gasteiger partial charge in [-0.15, -0.1) is 0 Å². The van der Waals surface area contributed by atoms with Crippen molar-refractivity contribution in [3.8, 4) is 0 Å². The van der Waals surface area contributed by atoms with Crippen molar-refractivity contribution in [1.29, 1.82) is 0 Å². The van der Waals surface area contributed by atoms with Crippen LogP contribution in [0.5, 0.6) is 0 Å². The van der Waals surface area contributed by atoms with Gasteiger partial charge in [0.25, 0.3) is 5.56 Å². The fourth-order valence-corrected chi connectivity index (χ4v) is 1.95. The minimum Gasteiger partial charge on any atom is -0.465 e. The lowest BCUT2D eigenvalue weighted by atomic mass is 10.2. The highest BCUT2D eigenvalue weighted by atomic mass is 16.5. The summed E-state index contributed by atoms with van der Waals surface area (Å²) in [5.41, 5.74) is -0.261. The van der Waals surface area contributed by atoms with Gasteiger partial charge in [0.1, 0.15) is 5.56 Å². The molecule has 1 aliphatic rings. The van der Waals surface area contributed by atoms with Gasteiger partial charge in [0.05, 0.1) is 19.8 Å². The molecule has 1 atom stereocenters. The zero-order valence-electron chi connectivity index (χ0n) is 9.72. The number of carbonyl (C=O) groups is 1. The first-order valence-electron chi connectivity index (χ1n) is 5.61. The highest BCUT2D eigenvalue weighted by Gasteiger charge is 2.18. The Balaban J connectivity index is 2.22. The van der Waals surface area contributed by atoms with Crippen molar-refractivity contribution >= 4 is 5.97 Å². The van der Waals surface area contributed by atoms with Crippen LogP contribution in [-0.4, -0.2) is 30.4 Å². The molecule has 0 aliphatic carbocycles. The second-order valence-electron chi connectivity index (χ2n) is 4.01. The lowest BCUT2D eigenvalue weighted by Gasteiger charge is -2.12. The predicted molar refractivity (Wildman–Crippen MR) is 61.0 cm³/mol. The van der Waals surface area contributed by atoms with Crippen molar-refractivity contribution in [1.82, 2.24) is 4.57 Å². The summed E-state index contributed by atoms with van der Waals surface area (Å²) in [7, 11) is 1.26. The Morgan fingerprint density at radius 2 is 2.47 bits per heavy atom. The molecule has 1 saturated heterocycles. The van der Waals surface area contributed by atoms with Crippen molar-refractivity contribution < 1.29 is 14.3 Å². The number of pyridine rings is 1. The van der Waals surface area contributed by atoms with E-state index < -0.39 is 5.97 Å². The molecule has 2 heterocycles. The summed E-state index contributed by atoms with van der Waals surface area (Å²) in [4.78, 5) is 23.3. The third-order valence-corrected chi connectivity index (χ3v) is 2.85. The fourth-order valence-electron chi connectivity index (χ4n) is 1.95. The van der Waals surface area contributed by atoms with E-state index >= 15 is 0 Å². The number of rotatable bonds is 3. The molecule has 0 radical (unpaired) electrons. The number of nitrogens with zero attached hydrogens (tertiary/aromatic N) is 1. The van der Waals surface area contributed by atoms with E-state index in [1.165, 1.54) is 17.7 Å². The van der Waals surface area contributed by atoms with E-state index in [1.54, 1.807) is 12.3 Å². The number of methoxy groups -OCH3 is 1. The maximum atomic E-state index is 12.0. The van der Waals surface area contributed by atoms with E-state index in [-0.39, 0.29) is 17.2 Å². The van der Waals surface area contributed by atoms with Gasteiger partial charge in [-0.1, -0.05) is 0 Å². The number of aromatic nitrogens is 1. The predicted octanol–water partition coefficient (Wildman–Crippen LogP) is 0.814. The van der Waals surface area contributed by atoms with Crippen molar-refractivity contribution in [3.05, 3.63) is 34.2 Å². The molecule has 0 aromatic carbocycles. The van der Waals surface area contributed by atoms with Gasteiger partial charge in [-0.05, 0) is 25.0 Å². The average Bonchev–Trinajstić information content (AvgIpc) is 2.84. The van der Waals surface area contributed by atoms with Crippen LogP contribution in [0.3, 0.4) is 0 Å². The van der Waals surface area contributed by atoms with Crippen LogP contribution in [0.25, 0.3) is 0 Å². The van der Waals surface area contributed by atoms with E-state index in [1.807, 2.05) is 0 Å². The zero-order chi connectivity index (χ0) is 12.3. The Morgan fingerprint density at radius 1 is 1.65 bits per heavy atom. The van der Waals surface area contributed by atoms with Crippen LogP contribution in [0.15, 0.2) is 23.1 Å². The van der Waals surface area contributed by atoms with Crippen LogP contribution in [0, 0.1) is 0 Å². The highest BCUT2D eigenvalue weighted by molar-refractivity contribution is 5.88. The molecule has 17 heavy (non-hydrogen) atoms. The normalized spacial score (nSPS) is 19.2. The molecule has 5 heteroatoms. The number of hydrogen-bond acceptors (Lipinski definition) is 4. The van der Waals surface area contributed by atoms with E-state index in [2.05, 4.69) is 4.74 Å². The van der Waals surface area contributed by atoms with Crippen LogP contribution in [0.4, 0.5) is 0 Å². The lowest BCUT2D eigenvalue weighted by Crippen LogP contribution is -2.30. The summed E-state index contributed by atoms with van der Waals surface area (Å²) in [6.45, 7) is 1.24. The molecule has 0 saturated carbocycles. The summed E-state index contributed by atoms with van der Waals surface area (Å²) in [6, 6.07) is 3.14. The lowest BCUT2D eigenvalue weighted by molar-refractivity contribution is 0.0596. The first kappa shape index (κ1) is 11.9. The van der Waals surface area contributed by atoms with Crippen LogP contribution < -0.4 is 5.56 Å². The average molecular weight is 237 g/mol. The van der Waals surface area contributed by atoms with Crippen LogP contribution in [-0.2, 0) is 16.0 Å². The molecule has 2 rings (SSSR count). The second kappa shape index (κ2) is 5.14. The van der Waals surface area contributed by atoms with Crippen molar-refractivity contribution in [2.45, 2.75) is 25.5 Å². The zero-order valence-corrected chi connectivity index (χ0v) is 9.72. The monoisotopic (exact) mass is 237 g/mol. The molecule has 0 bridgehead atoms. The molecule has 1 unspecified atom stereocenters. The highest BCUT2D eigenvalue weighted by Crippen LogP contribution is 2.13. The smallest absolute Gasteiger partial charge is 0.343 e. The molecule has 1 aromatic heterocycles. The van der Waals surface area contributed by atoms with Crippen LogP contribution in [0.2, 0.25) is 0 Å². The van der Waals surface area contributed by atoms with Crippen molar-refractivity contribution in [2.75, 3.05) is 13.7 Å². The molecular formula is C12H15NO4. The van der Waals surface area contributed by atoms with E-state index in [0.717, 1.165) is 19.4 Å². The topological polar surface area (TPSA) is 57.5 Å². The van der Waals surface area contributed by atoms with Gasteiger partial charge >= 0.3 is 5.97 Å². The third kappa shape index (κ3) is 2.55. The Bertz CT molecular complexity index is 460. The van der Waals surface area contributed by atoms with E-state index in [9.17, 15) is 9.59 Å². The molecule has 0 spiro atoms. The van der Waals surface area contributed by atoms with Crippen LogP contribution >= 0.6 is 0 Å². The van der Waals surface area contributed by atoms with Crippen molar-refractivity contribution in [3.63, 3.8) is 0 Å². The van der Waals surface area contributed by atoms with Gasteiger partial charge in [-0.2, -0.15) is 0 Å². The first-order chi connectivity index (χ1) is 8.22. The van der Waals surface area contributed by atoms with Gasteiger partial charge in [0, 0.05) is 12.8 Å².